The summed E-state index contributed by atoms with van der Waals surface area (Å²) in [6.45, 7) is 5.61. The molecular formula is C14H19NO5. The van der Waals surface area contributed by atoms with E-state index in [1.807, 2.05) is 6.92 Å². The summed E-state index contributed by atoms with van der Waals surface area (Å²) < 4.78 is 10.4. The summed E-state index contributed by atoms with van der Waals surface area (Å²) in [5.41, 5.74) is 0.614. The lowest BCUT2D eigenvalue weighted by Crippen LogP contribution is -2.29. The maximum absolute atomic E-state index is 11.8. The third kappa shape index (κ3) is 4.22. The van der Waals surface area contributed by atoms with Crippen LogP contribution in [0, 0.1) is 17.0 Å². The van der Waals surface area contributed by atoms with E-state index in [1.165, 1.54) is 12.1 Å². The Kier molecular flexibility index (Phi) is 5.96. The first-order chi connectivity index (χ1) is 9.49. The Balaban J connectivity index is 2.98. The van der Waals surface area contributed by atoms with E-state index in [1.54, 1.807) is 19.9 Å². The van der Waals surface area contributed by atoms with Crippen molar-refractivity contribution in [3.05, 3.63) is 33.9 Å². The molecule has 0 N–H and O–H groups in total. The Bertz CT molecular complexity index is 486. The fourth-order valence-corrected chi connectivity index (χ4v) is 1.75. The monoisotopic (exact) mass is 281 g/mol. The van der Waals surface area contributed by atoms with Crippen LogP contribution in [0.1, 0.15) is 32.3 Å². The second-order valence-electron chi connectivity index (χ2n) is 4.38. The lowest BCUT2D eigenvalue weighted by molar-refractivity contribution is -0.386. The molecule has 6 nitrogen and oxygen atoms in total. The minimum Gasteiger partial charge on any atom is -0.472 e. The first-order valence-electron chi connectivity index (χ1n) is 6.57. The summed E-state index contributed by atoms with van der Waals surface area (Å²) in [6.07, 6.45) is 0.342. The Hall–Kier alpha value is -2.11. The van der Waals surface area contributed by atoms with Crippen molar-refractivity contribution in [2.24, 2.45) is 0 Å². The minimum atomic E-state index is -0.818. The van der Waals surface area contributed by atoms with Crippen molar-refractivity contribution in [2.45, 2.75) is 39.7 Å². The molecule has 1 unspecified atom stereocenters. The standard InChI is InChI=1S/C14H19NO5/c1-4-6-13(14(16)19-5-2)20-12-8-7-10(3)9-11(12)15(17)18/h7-9,13H,4-6H2,1-3H3. The average molecular weight is 281 g/mol. The Morgan fingerprint density at radius 2 is 2.10 bits per heavy atom. The number of benzene rings is 1. The summed E-state index contributed by atoms with van der Waals surface area (Å²) in [5, 5.41) is 11.0. The van der Waals surface area contributed by atoms with Crippen LogP contribution in [-0.4, -0.2) is 23.6 Å². The van der Waals surface area contributed by atoms with Crippen LogP contribution in [0.2, 0.25) is 0 Å². The molecule has 0 fully saturated rings. The second kappa shape index (κ2) is 7.47. The number of carbonyl (C=O) groups excluding carboxylic acids is 1. The van der Waals surface area contributed by atoms with Crippen LogP contribution < -0.4 is 4.74 Å². The maximum Gasteiger partial charge on any atom is 0.347 e. The number of nitro groups is 1. The lowest BCUT2D eigenvalue weighted by Gasteiger charge is -2.17. The molecule has 1 atom stereocenters. The van der Waals surface area contributed by atoms with E-state index in [9.17, 15) is 14.9 Å². The molecule has 1 rings (SSSR count). The number of carbonyl (C=O) groups is 1. The number of nitro benzene ring substituents is 1. The molecule has 0 spiro atoms. The molecule has 6 heteroatoms. The van der Waals surface area contributed by atoms with Gasteiger partial charge in [0, 0.05) is 6.07 Å². The number of aryl methyl sites for hydroxylation is 1. The highest BCUT2D eigenvalue weighted by molar-refractivity contribution is 5.75. The average Bonchev–Trinajstić information content (AvgIpc) is 2.40. The van der Waals surface area contributed by atoms with Gasteiger partial charge in [-0.3, -0.25) is 10.1 Å². The molecule has 0 aromatic heterocycles. The van der Waals surface area contributed by atoms with Gasteiger partial charge in [-0.25, -0.2) is 4.79 Å². The van der Waals surface area contributed by atoms with Crippen molar-refractivity contribution in [2.75, 3.05) is 6.61 Å². The van der Waals surface area contributed by atoms with Crippen molar-refractivity contribution < 1.29 is 19.2 Å². The van der Waals surface area contributed by atoms with Gasteiger partial charge in [-0.15, -0.1) is 0 Å². The molecule has 1 aromatic carbocycles. The first kappa shape index (κ1) is 15.9. The van der Waals surface area contributed by atoms with E-state index < -0.39 is 17.0 Å². The van der Waals surface area contributed by atoms with Crippen molar-refractivity contribution in [1.82, 2.24) is 0 Å². The van der Waals surface area contributed by atoms with Crippen LogP contribution in [0.4, 0.5) is 5.69 Å². The predicted molar refractivity (Wildman–Crippen MR) is 73.8 cm³/mol. The SMILES string of the molecule is CCCC(Oc1ccc(C)cc1[N+](=O)[O-])C(=O)OCC. The van der Waals surface area contributed by atoms with E-state index in [4.69, 9.17) is 9.47 Å². The zero-order chi connectivity index (χ0) is 15.1. The van der Waals surface area contributed by atoms with E-state index in [2.05, 4.69) is 0 Å². The number of nitrogens with zero attached hydrogens (tertiary/aromatic N) is 1. The molecule has 20 heavy (non-hydrogen) atoms. The highest BCUT2D eigenvalue weighted by atomic mass is 16.6. The first-order valence-corrected chi connectivity index (χ1v) is 6.57. The molecule has 0 saturated carbocycles. The topological polar surface area (TPSA) is 78.7 Å². The highest BCUT2D eigenvalue weighted by Crippen LogP contribution is 2.29. The molecule has 0 amide bonds. The molecule has 110 valence electrons. The predicted octanol–water partition coefficient (Wildman–Crippen LogP) is 3.01. The molecule has 0 saturated heterocycles. The van der Waals surface area contributed by atoms with Gasteiger partial charge in [0.25, 0.3) is 0 Å². The lowest BCUT2D eigenvalue weighted by atomic mass is 10.2. The van der Waals surface area contributed by atoms with E-state index in [-0.39, 0.29) is 18.0 Å². The zero-order valence-corrected chi connectivity index (χ0v) is 11.9. The largest absolute Gasteiger partial charge is 0.472 e. The van der Waals surface area contributed by atoms with Crippen molar-refractivity contribution in [1.29, 1.82) is 0 Å². The fraction of sp³-hybridized carbons (Fsp3) is 0.500. The summed E-state index contributed by atoms with van der Waals surface area (Å²) in [5.74, 6) is -0.406. The summed E-state index contributed by atoms with van der Waals surface area (Å²) in [7, 11) is 0. The van der Waals surface area contributed by atoms with Crippen molar-refractivity contribution in [3.8, 4) is 5.75 Å². The van der Waals surface area contributed by atoms with Crippen LogP contribution in [0.25, 0.3) is 0 Å². The molecule has 0 bridgehead atoms. The highest BCUT2D eigenvalue weighted by Gasteiger charge is 2.25. The number of esters is 1. The number of hydrogen-bond donors (Lipinski definition) is 0. The van der Waals surface area contributed by atoms with Crippen molar-refractivity contribution in [3.63, 3.8) is 0 Å². The Labute approximate surface area is 117 Å². The van der Waals surface area contributed by atoms with Gasteiger partial charge in [0.05, 0.1) is 11.5 Å². The summed E-state index contributed by atoms with van der Waals surface area (Å²) in [4.78, 5) is 22.3. The third-order valence-corrected chi connectivity index (χ3v) is 2.68. The Morgan fingerprint density at radius 1 is 1.40 bits per heavy atom. The van der Waals surface area contributed by atoms with Gasteiger partial charge in [-0.1, -0.05) is 19.4 Å². The Morgan fingerprint density at radius 3 is 2.65 bits per heavy atom. The van der Waals surface area contributed by atoms with Gasteiger partial charge < -0.3 is 9.47 Å². The minimum absolute atomic E-state index is 0.0899. The quantitative estimate of drug-likeness (QED) is 0.436. The number of rotatable bonds is 7. The van der Waals surface area contributed by atoms with Crippen LogP contribution in [0.15, 0.2) is 18.2 Å². The molecule has 0 heterocycles. The molecular weight excluding hydrogens is 262 g/mol. The van der Waals surface area contributed by atoms with E-state index >= 15 is 0 Å². The third-order valence-electron chi connectivity index (χ3n) is 2.68. The van der Waals surface area contributed by atoms with Crippen molar-refractivity contribution >= 4 is 11.7 Å². The van der Waals surface area contributed by atoms with E-state index in [0.29, 0.717) is 12.8 Å². The van der Waals surface area contributed by atoms with Crippen LogP contribution in [-0.2, 0) is 9.53 Å². The zero-order valence-electron chi connectivity index (χ0n) is 11.9. The number of hydrogen-bond acceptors (Lipinski definition) is 5. The second-order valence-corrected chi connectivity index (χ2v) is 4.38. The van der Waals surface area contributed by atoms with Gasteiger partial charge >= 0.3 is 11.7 Å². The fourth-order valence-electron chi connectivity index (χ4n) is 1.75. The van der Waals surface area contributed by atoms with Gasteiger partial charge in [0.2, 0.25) is 0 Å². The molecule has 0 aliphatic heterocycles. The van der Waals surface area contributed by atoms with Gasteiger partial charge in [-0.2, -0.15) is 0 Å². The number of ether oxygens (including phenoxy) is 2. The van der Waals surface area contributed by atoms with E-state index in [0.717, 1.165) is 5.56 Å². The molecule has 0 radical (unpaired) electrons. The molecule has 1 aromatic rings. The van der Waals surface area contributed by atoms with Gasteiger partial charge in [0.15, 0.2) is 11.9 Å². The molecule has 0 aliphatic rings. The molecule has 0 aliphatic carbocycles. The van der Waals surface area contributed by atoms with Crippen LogP contribution >= 0.6 is 0 Å². The van der Waals surface area contributed by atoms with Gasteiger partial charge in [-0.05, 0) is 31.9 Å². The maximum atomic E-state index is 11.8. The smallest absolute Gasteiger partial charge is 0.347 e. The van der Waals surface area contributed by atoms with Gasteiger partial charge in [0.1, 0.15) is 0 Å². The van der Waals surface area contributed by atoms with Crippen LogP contribution in [0.3, 0.4) is 0 Å². The van der Waals surface area contributed by atoms with Crippen LogP contribution in [0.5, 0.6) is 5.75 Å². The normalized spacial score (nSPS) is 11.8. The summed E-state index contributed by atoms with van der Waals surface area (Å²) in [6, 6.07) is 4.63. The summed E-state index contributed by atoms with van der Waals surface area (Å²) >= 11 is 0.